The minimum Gasteiger partial charge on any atom is -0.507 e. The summed E-state index contributed by atoms with van der Waals surface area (Å²) >= 11 is 0. The molecule has 2 aromatic rings. The molecule has 1 aliphatic carbocycles. The van der Waals surface area contributed by atoms with Crippen LogP contribution in [0, 0.1) is 5.92 Å². The van der Waals surface area contributed by atoms with Crippen molar-refractivity contribution < 1.29 is 9.90 Å². The van der Waals surface area contributed by atoms with Gasteiger partial charge in [0.05, 0.1) is 6.21 Å². The lowest BCUT2D eigenvalue weighted by Crippen LogP contribution is -2.21. The molecule has 5 heteroatoms. The predicted octanol–water partition coefficient (Wildman–Crippen LogP) is 3.49. The number of aromatic hydroxyl groups is 1. The molecule has 2 atom stereocenters. The van der Waals surface area contributed by atoms with E-state index in [1.807, 2.05) is 30.3 Å². The molecule has 1 amide bonds. The van der Waals surface area contributed by atoms with E-state index >= 15 is 0 Å². The molecule has 1 fully saturated rings. The summed E-state index contributed by atoms with van der Waals surface area (Å²) in [5.74, 6) is 0.344. The van der Waals surface area contributed by atoms with Gasteiger partial charge >= 0.3 is 0 Å². The Kier molecular flexibility index (Phi) is 5.56. The van der Waals surface area contributed by atoms with E-state index in [-0.39, 0.29) is 23.5 Å². The van der Waals surface area contributed by atoms with Crippen LogP contribution in [0.4, 0.5) is 5.69 Å². The van der Waals surface area contributed by atoms with Gasteiger partial charge < -0.3 is 10.0 Å². The zero-order valence-corrected chi connectivity index (χ0v) is 15.2. The Morgan fingerprint density at radius 1 is 1.23 bits per heavy atom. The fourth-order valence-corrected chi connectivity index (χ4v) is 3.23. The van der Waals surface area contributed by atoms with Crippen LogP contribution in [-0.4, -0.2) is 30.3 Å². The topological polar surface area (TPSA) is 64.9 Å². The van der Waals surface area contributed by atoms with Crippen LogP contribution in [0.25, 0.3) is 0 Å². The van der Waals surface area contributed by atoms with Crippen molar-refractivity contribution in [1.29, 1.82) is 0 Å². The number of nitrogens with zero attached hydrogens (tertiary/aromatic N) is 2. The molecule has 1 saturated carbocycles. The number of carbonyl (C=O) groups excluding carboxylic acids is 1. The monoisotopic (exact) mass is 351 g/mol. The minimum atomic E-state index is -0.0747. The number of nitrogens with one attached hydrogen (secondary N) is 1. The maximum absolute atomic E-state index is 12.2. The highest BCUT2D eigenvalue weighted by molar-refractivity contribution is 5.87. The Labute approximate surface area is 154 Å². The summed E-state index contributed by atoms with van der Waals surface area (Å²) in [4.78, 5) is 14.3. The van der Waals surface area contributed by atoms with E-state index in [1.165, 1.54) is 11.8 Å². The average Bonchev–Trinajstić information content (AvgIpc) is 3.46. The van der Waals surface area contributed by atoms with Gasteiger partial charge in [-0.3, -0.25) is 4.79 Å². The third-order valence-electron chi connectivity index (χ3n) is 4.88. The maximum Gasteiger partial charge on any atom is 0.243 e. The molecule has 0 spiro atoms. The molecule has 2 N–H and O–H groups in total. The largest absolute Gasteiger partial charge is 0.507 e. The van der Waals surface area contributed by atoms with Crippen LogP contribution < -0.4 is 10.3 Å². The van der Waals surface area contributed by atoms with Gasteiger partial charge in [0.15, 0.2) is 0 Å². The molecule has 0 heterocycles. The Morgan fingerprint density at radius 3 is 2.62 bits per heavy atom. The predicted molar refractivity (Wildman–Crippen MR) is 105 cm³/mol. The van der Waals surface area contributed by atoms with Crippen molar-refractivity contribution >= 4 is 17.8 Å². The van der Waals surface area contributed by atoms with E-state index in [1.54, 1.807) is 6.07 Å². The third-order valence-corrected chi connectivity index (χ3v) is 4.88. The summed E-state index contributed by atoms with van der Waals surface area (Å²) in [5.41, 5.74) is 5.33. The zero-order chi connectivity index (χ0) is 18.5. The highest BCUT2D eigenvalue weighted by Gasteiger charge is 2.43. The Bertz CT molecular complexity index is 785. The van der Waals surface area contributed by atoms with Crippen LogP contribution in [0.3, 0.4) is 0 Å². The van der Waals surface area contributed by atoms with E-state index in [0.29, 0.717) is 5.56 Å². The van der Waals surface area contributed by atoms with Crippen LogP contribution in [0.15, 0.2) is 53.6 Å². The van der Waals surface area contributed by atoms with Gasteiger partial charge in [0.2, 0.25) is 5.91 Å². The standard InChI is InChI=1S/C21H25N3O2/c1-3-24(4-2)17-11-10-16(20(25)12-17)14-22-23-21(26)19-13-18(19)15-8-6-5-7-9-15/h5-12,14,18-19,25H,3-4,13H2,1-2H3,(H,23,26). The minimum absolute atomic E-state index is 0.0202. The van der Waals surface area contributed by atoms with Crippen LogP contribution in [0.5, 0.6) is 5.75 Å². The van der Waals surface area contributed by atoms with E-state index in [4.69, 9.17) is 0 Å². The second kappa shape index (κ2) is 8.04. The smallest absolute Gasteiger partial charge is 0.243 e. The average molecular weight is 351 g/mol. The lowest BCUT2D eigenvalue weighted by atomic mass is 10.1. The summed E-state index contributed by atoms with van der Waals surface area (Å²) in [6.45, 7) is 5.91. The number of amides is 1. The molecule has 26 heavy (non-hydrogen) atoms. The fraction of sp³-hybridized carbons (Fsp3) is 0.333. The molecule has 0 bridgehead atoms. The van der Waals surface area contributed by atoms with Crippen molar-refractivity contribution in [2.45, 2.75) is 26.2 Å². The van der Waals surface area contributed by atoms with Crippen LogP contribution >= 0.6 is 0 Å². The molecule has 2 unspecified atom stereocenters. The number of rotatable bonds is 7. The van der Waals surface area contributed by atoms with Crippen molar-refractivity contribution in [3.63, 3.8) is 0 Å². The normalized spacial score (nSPS) is 18.7. The molecule has 136 valence electrons. The molecular weight excluding hydrogens is 326 g/mol. The van der Waals surface area contributed by atoms with Crippen molar-refractivity contribution in [2.75, 3.05) is 18.0 Å². The first-order valence-corrected chi connectivity index (χ1v) is 9.09. The number of hydrogen-bond donors (Lipinski definition) is 2. The van der Waals surface area contributed by atoms with E-state index in [2.05, 4.69) is 41.4 Å². The van der Waals surface area contributed by atoms with Gasteiger partial charge in [0.25, 0.3) is 0 Å². The van der Waals surface area contributed by atoms with Gasteiger partial charge in [0, 0.05) is 36.3 Å². The second-order valence-corrected chi connectivity index (χ2v) is 6.51. The quantitative estimate of drug-likeness (QED) is 0.593. The van der Waals surface area contributed by atoms with Crippen LogP contribution in [-0.2, 0) is 4.79 Å². The molecule has 2 aromatic carbocycles. The number of anilines is 1. The highest BCUT2D eigenvalue weighted by Crippen LogP contribution is 2.47. The third kappa shape index (κ3) is 4.04. The van der Waals surface area contributed by atoms with Gasteiger partial charge in [-0.25, -0.2) is 5.43 Å². The van der Waals surface area contributed by atoms with E-state index < -0.39 is 0 Å². The second-order valence-electron chi connectivity index (χ2n) is 6.51. The number of hydrazone groups is 1. The van der Waals surface area contributed by atoms with Crippen LogP contribution in [0.1, 0.15) is 37.3 Å². The lowest BCUT2D eigenvalue weighted by molar-refractivity contribution is -0.122. The first-order chi connectivity index (χ1) is 12.6. The molecule has 0 radical (unpaired) electrons. The molecule has 5 nitrogen and oxygen atoms in total. The first-order valence-electron chi connectivity index (χ1n) is 9.09. The summed E-state index contributed by atoms with van der Waals surface area (Å²) in [5, 5.41) is 14.2. The molecule has 0 aromatic heterocycles. The van der Waals surface area contributed by atoms with Gasteiger partial charge in [0.1, 0.15) is 5.75 Å². The van der Waals surface area contributed by atoms with Crippen molar-refractivity contribution in [1.82, 2.24) is 5.43 Å². The fourth-order valence-electron chi connectivity index (χ4n) is 3.23. The molecule has 3 rings (SSSR count). The molecular formula is C21H25N3O2. The Balaban J connectivity index is 1.56. The maximum atomic E-state index is 12.2. The highest BCUT2D eigenvalue weighted by atomic mass is 16.3. The SMILES string of the molecule is CCN(CC)c1ccc(C=NNC(=O)C2CC2c2ccccc2)c(O)c1. The van der Waals surface area contributed by atoms with Crippen molar-refractivity contribution in [3.8, 4) is 5.75 Å². The van der Waals surface area contributed by atoms with Crippen molar-refractivity contribution in [2.24, 2.45) is 11.0 Å². The van der Waals surface area contributed by atoms with E-state index in [0.717, 1.165) is 25.2 Å². The summed E-state index contributed by atoms with van der Waals surface area (Å²) < 4.78 is 0. The van der Waals surface area contributed by atoms with Gasteiger partial charge in [-0.15, -0.1) is 0 Å². The number of benzene rings is 2. The van der Waals surface area contributed by atoms with Gasteiger partial charge in [-0.05, 0) is 43.9 Å². The first kappa shape index (κ1) is 18.0. The summed E-state index contributed by atoms with van der Waals surface area (Å²) in [7, 11) is 0. The van der Waals surface area contributed by atoms with Crippen LogP contribution in [0.2, 0.25) is 0 Å². The van der Waals surface area contributed by atoms with E-state index in [9.17, 15) is 9.90 Å². The Hall–Kier alpha value is -2.82. The zero-order valence-electron chi connectivity index (χ0n) is 15.2. The van der Waals surface area contributed by atoms with Gasteiger partial charge in [-0.1, -0.05) is 30.3 Å². The van der Waals surface area contributed by atoms with Crippen molar-refractivity contribution in [3.05, 3.63) is 59.7 Å². The number of carbonyl (C=O) groups is 1. The lowest BCUT2D eigenvalue weighted by Gasteiger charge is -2.21. The number of phenols is 1. The molecule has 0 aliphatic heterocycles. The Morgan fingerprint density at radius 2 is 1.96 bits per heavy atom. The number of hydrogen-bond acceptors (Lipinski definition) is 4. The van der Waals surface area contributed by atoms with Gasteiger partial charge in [-0.2, -0.15) is 5.10 Å². The molecule has 0 saturated heterocycles. The number of phenolic OH excluding ortho intramolecular Hbond substituents is 1. The summed E-state index contributed by atoms with van der Waals surface area (Å²) in [6, 6.07) is 15.5. The summed E-state index contributed by atoms with van der Waals surface area (Å²) in [6.07, 6.45) is 2.34. The molecule has 1 aliphatic rings.